The molecule has 0 aliphatic heterocycles. The summed E-state index contributed by atoms with van der Waals surface area (Å²) >= 11 is 1.56. The van der Waals surface area contributed by atoms with Crippen LogP contribution >= 0.6 is 11.3 Å². The molecule has 124 valence electrons. The molecular formula is C17H18N4O2S. The maximum Gasteiger partial charge on any atom is 0.272 e. The summed E-state index contributed by atoms with van der Waals surface area (Å²) < 4.78 is 5.63. The minimum Gasteiger partial charge on any atom is -0.487 e. The summed E-state index contributed by atoms with van der Waals surface area (Å²) in [6, 6.07) is 11.0. The first-order valence-electron chi connectivity index (χ1n) is 7.57. The molecule has 1 aromatic carbocycles. The maximum absolute atomic E-state index is 12.3. The number of hydrogen-bond donors (Lipinski definition) is 2. The summed E-state index contributed by atoms with van der Waals surface area (Å²) in [5, 5.41) is 12.7. The predicted molar refractivity (Wildman–Crippen MR) is 92.1 cm³/mol. The number of carbonyl (C=O) groups excluding carboxylic acids is 1. The van der Waals surface area contributed by atoms with E-state index in [1.807, 2.05) is 49.6 Å². The van der Waals surface area contributed by atoms with Crippen LogP contribution in [-0.2, 0) is 6.61 Å². The first-order chi connectivity index (χ1) is 11.6. The number of aromatic amines is 1. The molecule has 0 bridgehead atoms. The number of benzene rings is 1. The van der Waals surface area contributed by atoms with Gasteiger partial charge < -0.3 is 10.1 Å². The molecule has 0 radical (unpaired) electrons. The zero-order valence-electron chi connectivity index (χ0n) is 13.4. The normalized spacial score (nSPS) is 11.9. The number of hydrogen-bond acceptors (Lipinski definition) is 5. The van der Waals surface area contributed by atoms with Gasteiger partial charge in [0, 0.05) is 5.38 Å². The number of carbonyl (C=O) groups is 1. The molecule has 0 unspecified atom stereocenters. The second kappa shape index (κ2) is 7.27. The van der Waals surface area contributed by atoms with Gasteiger partial charge in [-0.2, -0.15) is 5.10 Å². The van der Waals surface area contributed by atoms with Crippen molar-refractivity contribution in [1.82, 2.24) is 20.5 Å². The standard InChI is InChI=1S/C17H18N4O2S/c1-11(16-10-24-12(2)19-16)18-17(22)15-8-13(20-21-15)9-23-14-6-4-3-5-7-14/h3-8,10-11H,9H2,1-2H3,(H,18,22)(H,20,21)/t11-/m0/s1. The van der Waals surface area contributed by atoms with E-state index >= 15 is 0 Å². The van der Waals surface area contributed by atoms with Crippen LogP contribution in [0, 0.1) is 6.92 Å². The number of ether oxygens (including phenoxy) is 1. The van der Waals surface area contributed by atoms with Gasteiger partial charge in [-0.05, 0) is 32.0 Å². The molecule has 7 heteroatoms. The van der Waals surface area contributed by atoms with Gasteiger partial charge in [-0.3, -0.25) is 9.89 Å². The predicted octanol–water partition coefficient (Wildman–Crippen LogP) is 3.24. The Balaban J connectivity index is 1.57. The Morgan fingerprint density at radius 2 is 2.17 bits per heavy atom. The minimum atomic E-state index is -0.240. The summed E-state index contributed by atoms with van der Waals surface area (Å²) in [5.74, 6) is 0.529. The largest absolute Gasteiger partial charge is 0.487 e. The van der Waals surface area contributed by atoms with E-state index in [2.05, 4.69) is 20.5 Å². The molecule has 6 nitrogen and oxygen atoms in total. The maximum atomic E-state index is 12.3. The summed E-state index contributed by atoms with van der Waals surface area (Å²) in [4.78, 5) is 16.6. The highest BCUT2D eigenvalue weighted by Crippen LogP contribution is 2.16. The number of para-hydroxylation sites is 1. The third-order valence-electron chi connectivity index (χ3n) is 3.43. The Bertz CT molecular complexity index is 813. The van der Waals surface area contributed by atoms with Gasteiger partial charge in [0.15, 0.2) is 0 Å². The van der Waals surface area contributed by atoms with Crippen LogP contribution in [0.25, 0.3) is 0 Å². The lowest BCUT2D eigenvalue weighted by Crippen LogP contribution is -2.27. The lowest BCUT2D eigenvalue weighted by molar-refractivity contribution is 0.0934. The van der Waals surface area contributed by atoms with Crippen molar-refractivity contribution in [3.8, 4) is 5.75 Å². The molecule has 1 amide bonds. The van der Waals surface area contributed by atoms with E-state index in [4.69, 9.17) is 4.74 Å². The SMILES string of the molecule is Cc1nc([C@H](C)NC(=O)c2cc(COc3ccccc3)[nH]n2)cs1. The van der Waals surface area contributed by atoms with Crippen molar-refractivity contribution in [2.75, 3.05) is 0 Å². The van der Waals surface area contributed by atoms with Crippen LogP contribution in [0.3, 0.4) is 0 Å². The van der Waals surface area contributed by atoms with Gasteiger partial charge in [0.2, 0.25) is 0 Å². The number of thiazole rings is 1. The van der Waals surface area contributed by atoms with Crippen LogP contribution in [0.2, 0.25) is 0 Å². The number of aryl methyl sites for hydroxylation is 1. The molecular weight excluding hydrogens is 324 g/mol. The van der Waals surface area contributed by atoms with E-state index in [0.717, 1.165) is 22.1 Å². The first-order valence-corrected chi connectivity index (χ1v) is 8.45. The van der Waals surface area contributed by atoms with Gasteiger partial charge in [-0.25, -0.2) is 4.98 Å². The quantitative estimate of drug-likeness (QED) is 0.721. The number of H-pyrrole nitrogens is 1. The molecule has 3 rings (SSSR count). The van der Waals surface area contributed by atoms with Crippen molar-refractivity contribution in [2.24, 2.45) is 0 Å². The van der Waals surface area contributed by atoms with Crippen LogP contribution < -0.4 is 10.1 Å². The Morgan fingerprint density at radius 1 is 1.38 bits per heavy atom. The Hall–Kier alpha value is -2.67. The summed E-state index contributed by atoms with van der Waals surface area (Å²) in [6.07, 6.45) is 0. The van der Waals surface area contributed by atoms with Gasteiger partial charge in [0.05, 0.1) is 22.4 Å². The highest BCUT2D eigenvalue weighted by molar-refractivity contribution is 7.09. The van der Waals surface area contributed by atoms with Gasteiger partial charge in [0.25, 0.3) is 5.91 Å². The fourth-order valence-corrected chi connectivity index (χ4v) is 2.86. The third-order valence-corrected chi connectivity index (χ3v) is 4.22. The van der Waals surface area contributed by atoms with E-state index in [-0.39, 0.29) is 11.9 Å². The lowest BCUT2D eigenvalue weighted by atomic mass is 10.2. The third kappa shape index (κ3) is 3.99. The zero-order valence-corrected chi connectivity index (χ0v) is 14.3. The number of rotatable bonds is 6. The molecule has 1 atom stereocenters. The molecule has 3 aromatic rings. The molecule has 0 saturated heterocycles. The van der Waals surface area contributed by atoms with Crippen molar-refractivity contribution in [1.29, 1.82) is 0 Å². The van der Waals surface area contributed by atoms with Gasteiger partial charge in [0.1, 0.15) is 18.1 Å². The fourth-order valence-electron chi connectivity index (χ4n) is 2.15. The van der Waals surface area contributed by atoms with Crippen molar-refractivity contribution >= 4 is 17.2 Å². The van der Waals surface area contributed by atoms with E-state index in [1.54, 1.807) is 17.4 Å². The average molecular weight is 342 g/mol. The first kappa shape index (κ1) is 16.2. The van der Waals surface area contributed by atoms with Crippen molar-refractivity contribution < 1.29 is 9.53 Å². The number of nitrogens with one attached hydrogen (secondary N) is 2. The second-order valence-electron chi connectivity index (χ2n) is 5.37. The number of aromatic nitrogens is 3. The van der Waals surface area contributed by atoms with Crippen LogP contribution in [0.5, 0.6) is 5.75 Å². The van der Waals surface area contributed by atoms with E-state index in [9.17, 15) is 4.79 Å². The minimum absolute atomic E-state index is 0.164. The Labute approximate surface area is 143 Å². The molecule has 0 saturated carbocycles. The van der Waals surface area contributed by atoms with Gasteiger partial charge in [-0.1, -0.05) is 18.2 Å². The average Bonchev–Trinajstić information content (AvgIpc) is 3.23. The van der Waals surface area contributed by atoms with E-state index in [0.29, 0.717) is 12.3 Å². The molecule has 0 spiro atoms. The monoisotopic (exact) mass is 342 g/mol. The molecule has 2 N–H and O–H groups in total. The highest BCUT2D eigenvalue weighted by atomic mass is 32.1. The van der Waals surface area contributed by atoms with E-state index in [1.165, 1.54) is 0 Å². The molecule has 0 aliphatic carbocycles. The summed E-state index contributed by atoms with van der Waals surface area (Å²) in [6.45, 7) is 4.17. The topological polar surface area (TPSA) is 79.9 Å². The molecule has 0 aliphatic rings. The molecule has 2 aromatic heterocycles. The fraction of sp³-hybridized carbons (Fsp3) is 0.235. The summed E-state index contributed by atoms with van der Waals surface area (Å²) in [5.41, 5.74) is 1.93. The Kier molecular flexibility index (Phi) is 4.90. The van der Waals surface area contributed by atoms with Crippen molar-refractivity contribution in [3.63, 3.8) is 0 Å². The van der Waals surface area contributed by atoms with Crippen LogP contribution in [0.15, 0.2) is 41.8 Å². The van der Waals surface area contributed by atoms with Crippen molar-refractivity contribution in [2.45, 2.75) is 26.5 Å². The highest BCUT2D eigenvalue weighted by Gasteiger charge is 2.16. The smallest absolute Gasteiger partial charge is 0.272 e. The molecule has 24 heavy (non-hydrogen) atoms. The zero-order chi connectivity index (χ0) is 16.9. The van der Waals surface area contributed by atoms with Gasteiger partial charge >= 0.3 is 0 Å². The Morgan fingerprint density at radius 3 is 2.88 bits per heavy atom. The lowest BCUT2D eigenvalue weighted by Gasteiger charge is -2.09. The number of amides is 1. The molecule has 0 fully saturated rings. The van der Waals surface area contributed by atoms with Crippen molar-refractivity contribution in [3.05, 3.63) is 63.9 Å². The van der Waals surface area contributed by atoms with Gasteiger partial charge in [-0.15, -0.1) is 11.3 Å². The second-order valence-corrected chi connectivity index (χ2v) is 6.43. The van der Waals surface area contributed by atoms with Crippen LogP contribution in [-0.4, -0.2) is 21.1 Å². The number of nitrogens with zero attached hydrogens (tertiary/aromatic N) is 2. The van der Waals surface area contributed by atoms with Crippen LogP contribution in [0.4, 0.5) is 0 Å². The summed E-state index contributed by atoms with van der Waals surface area (Å²) in [7, 11) is 0. The van der Waals surface area contributed by atoms with Crippen LogP contribution in [0.1, 0.15) is 39.8 Å². The van der Waals surface area contributed by atoms with E-state index < -0.39 is 0 Å². The molecule has 2 heterocycles.